The van der Waals surface area contributed by atoms with Crippen LogP contribution in [0.3, 0.4) is 0 Å². The number of amides is 1. The lowest BCUT2D eigenvalue weighted by Gasteiger charge is -2.34. The smallest absolute Gasteiger partial charge is 0.318 e. The van der Waals surface area contributed by atoms with Gasteiger partial charge in [-0.05, 0) is 37.1 Å². The lowest BCUT2D eigenvalue weighted by molar-refractivity contribution is -0.140. The summed E-state index contributed by atoms with van der Waals surface area (Å²) in [6, 6.07) is 8.02. The fourth-order valence-electron chi connectivity index (χ4n) is 3.55. The standard InChI is InChI=1S/C19H24N4O4/c1-25-16-4-2-14(3-5-16)17-20-21-19(27-17)23-8-6-15(7-9-23)18(24)22-10-12-26-13-11-22/h2-5,15H,6-13H2,1H3. The molecule has 2 aliphatic rings. The first-order chi connectivity index (χ1) is 13.2. The zero-order valence-electron chi connectivity index (χ0n) is 15.5. The molecule has 2 aliphatic heterocycles. The number of piperidine rings is 1. The van der Waals surface area contributed by atoms with Crippen LogP contribution in [0.4, 0.5) is 6.01 Å². The minimum absolute atomic E-state index is 0.0725. The molecule has 0 N–H and O–H groups in total. The van der Waals surface area contributed by atoms with Crippen LogP contribution >= 0.6 is 0 Å². The minimum atomic E-state index is 0.0725. The van der Waals surface area contributed by atoms with Gasteiger partial charge < -0.3 is 23.7 Å². The van der Waals surface area contributed by atoms with Crippen molar-refractivity contribution in [3.05, 3.63) is 24.3 Å². The third-order valence-corrected chi connectivity index (χ3v) is 5.19. The molecule has 4 rings (SSSR count). The highest BCUT2D eigenvalue weighted by Gasteiger charge is 2.30. The fourth-order valence-corrected chi connectivity index (χ4v) is 3.55. The number of hydrogen-bond acceptors (Lipinski definition) is 7. The summed E-state index contributed by atoms with van der Waals surface area (Å²) in [5.41, 5.74) is 0.854. The van der Waals surface area contributed by atoms with Crippen LogP contribution in [0.2, 0.25) is 0 Å². The fraction of sp³-hybridized carbons (Fsp3) is 0.526. The van der Waals surface area contributed by atoms with Crippen molar-refractivity contribution in [1.82, 2.24) is 15.1 Å². The maximum Gasteiger partial charge on any atom is 0.318 e. The molecule has 2 fully saturated rings. The average Bonchev–Trinajstić information content (AvgIpc) is 3.24. The molecule has 0 bridgehead atoms. The van der Waals surface area contributed by atoms with Crippen molar-refractivity contribution in [3.8, 4) is 17.2 Å². The molecular weight excluding hydrogens is 348 g/mol. The summed E-state index contributed by atoms with van der Waals surface area (Å²) in [6.45, 7) is 4.17. The van der Waals surface area contributed by atoms with E-state index in [1.165, 1.54) is 0 Å². The highest BCUT2D eigenvalue weighted by atomic mass is 16.5. The number of rotatable bonds is 4. The van der Waals surface area contributed by atoms with E-state index >= 15 is 0 Å². The lowest BCUT2D eigenvalue weighted by Crippen LogP contribution is -2.46. The van der Waals surface area contributed by atoms with E-state index < -0.39 is 0 Å². The number of carbonyl (C=O) groups is 1. The quantitative estimate of drug-likeness (QED) is 0.810. The number of morpholine rings is 1. The molecule has 1 aromatic heterocycles. The maximum atomic E-state index is 12.6. The van der Waals surface area contributed by atoms with Gasteiger partial charge in [0.15, 0.2) is 0 Å². The van der Waals surface area contributed by atoms with Crippen molar-refractivity contribution >= 4 is 11.9 Å². The molecule has 8 nitrogen and oxygen atoms in total. The second kappa shape index (κ2) is 7.96. The Labute approximate surface area is 158 Å². The van der Waals surface area contributed by atoms with Crippen molar-refractivity contribution in [2.75, 3.05) is 51.4 Å². The monoisotopic (exact) mass is 372 g/mol. The second-order valence-electron chi connectivity index (χ2n) is 6.82. The van der Waals surface area contributed by atoms with Crippen LogP contribution in [-0.4, -0.2) is 67.5 Å². The van der Waals surface area contributed by atoms with Crippen molar-refractivity contribution in [1.29, 1.82) is 0 Å². The summed E-state index contributed by atoms with van der Waals surface area (Å²) in [5.74, 6) is 1.59. The van der Waals surface area contributed by atoms with Gasteiger partial charge in [-0.15, -0.1) is 5.10 Å². The van der Waals surface area contributed by atoms with Gasteiger partial charge in [-0.1, -0.05) is 5.10 Å². The largest absolute Gasteiger partial charge is 0.497 e. The Kier molecular flexibility index (Phi) is 5.24. The van der Waals surface area contributed by atoms with Gasteiger partial charge in [0.05, 0.1) is 20.3 Å². The second-order valence-corrected chi connectivity index (χ2v) is 6.82. The molecule has 3 heterocycles. The van der Waals surface area contributed by atoms with Crippen LogP contribution in [0.25, 0.3) is 11.5 Å². The van der Waals surface area contributed by atoms with E-state index in [1.54, 1.807) is 7.11 Å². The Bertz CT molecular complexity index is 762. The Morgan fingerprint density at radius 3 is 2.44 bits per heavy atom. The molecule has 144 valence electrons. The molecule has 2 saturated heterocycles. The number of benzene rings is 1. The third-order valence-electron chi connectivity index (χ3n) is 5.19. The van der Waals surface area contributed by atoms with Crippen molar-refractivity contribution < 1.29 is 18.7 Å². The molecule has 2 aromatic rings. The summed E-state index contributed by atoms with van der Waals surface area (Å²) in [5, 5.41) is 8.34. The Hall–Kier alpha value is -2.61. The number of methoxy groups -OCH3 is 1. The van der Waals surface area contributed by atoms with Crippen LogP contribution in [-0.2, 0) is 9.53 Å². The van der Waals surface area contributed by atoms with Crippen LogP contribution < -0.4 is 9.64 Å². The number of aromatic nitrogens is 2. The highest BCUT2D eigenvalue weighted by Crippen LogP contribution is 2.27. The molecule has 1 aromatic carbocycles. The van der Waals surface area contributed by atoms with E-state index in [-0.39, 0.29) is 11.8 Å². The van der Waals surface area contributed by atoms with Gasteiger partial charge in [-0.3, -0.25) is 4.79 Å². The van der Waals surface area contributed by atoms with E-state index in [1.807, 2.05) is 29.2 Å². The molecule has 0 radical (unpaired) electrons. The van der Waals surface area contributed by atoms with Crippen LogP contribution in [0.5, 0.6) is 5.75 Å². The summed E-state index contributed by atoms with van der Waals surface area (Å²) in [4.78, 5) is 16.6. The zero-order chi connectivity index (χ0) is 18.6. The van der Waals surface area contributed by atoms with Crippen LogP contribution in [0.1, 0.15) is 12.8 Å². The van der Waals surface area contributed by atoms with E-state index in [0.29, 0.717) is 38.2 Å². The summed E-state index contributed by atoms with van der Waals surface area (Å²) >= 11 is 0. The van der Waals surface area contributed by atoms with E-state index in [0.717, 1.165) is 37.2 Å². The number of anilines is 1. The Balaban J connectivity index is 1.35. The molecular formula is C19H24N4O4. The Morgan fingerprint density at radius 1 is 1.07 bits per heavy atom. The molecule has 0 unspecified atom stereocenters. The van der Waals surface area contributed by atoms with Gasteiger partial charge in [0.2, 0.25) is 11.8 Å². The van der Waals surface area contributed by atoms with Gasteiger partial charge in [-0.25, -0.2) is 0 Å². The molecule has 0 aliphatic carbocycles. The number of nitrogens with zero attached hydrogens (tertiary/aromatic N) is 4. The Morgan fingerprint density at radius 2 is 1.78 bits per heavy atom. The summed E-state index contributed by atoms with van der Waals surface area (Å²) in [6.07, 6.45) is 1.60. The first kappa shape index (κ1) is 17.8. The zero-order valence-corrected chi connectivity index (χ0v) is 15.5. The van der Waals surface area contributed by atoms with E-state index in [9.17, 15) is 4.79 Å². The SMILES string of the molecule is COc1ccc(-c2nnc(N3CCC(C(=O)N4CCOCC4)CC3)o2)cc1. The molecule has 0 spiro atoms. The predicted octanol–water partition coefficient (Wildman–Crippen LogP) is 1.82. The van der Waals surface area contributed by atoms with Gasteiger partial charge in [0.25, 0.3) is 0 Å². The summed E-state index contributed by atoms with van der Waals surface area (Å²) < 4.78 is 16.3. The first-order valence-electron chi connectivity index (χ1n) is 9.34. The minimum Gasteiger partial charge on any atom is -0.497 e. The van der Waals surface area contributed by atoms with Gasteiger partial charge in [-0.2, -0.15) is 0 Å². The molecule has 0 saturated carbocycles. The highest BCUT2D eigenvalue weighted by molar-refractivity contribution is 5.79. The first-order valence-corrected chi connectivity index (χ1v) is 9.34. The van der Waals surface area contributed by atoms with Gasteiger partial charge in [0.1, 0.15) is 5.75 Å². The molecule has 1 amide bonds. The topological polar surface area (TPSA) is 80.9 Å². The van der Waals surface area contributed by atoms with Crippen molar-refractivity contribution in [2.45, 2.75) is 12.8 Å². The van der Waals surface area contributed by atoms with Crippen LogP contribution in [0.15, 0.2) is 28.7 Å². The number of carbonyl (C=O) groups excluding carboxylic acids is 1. The average molecular weight is 372 g/mol. The van der Waals surface area contributed by atoms with E-state index in [4.69, 9.17) is 13.9 Å². The maximum absolute atomic E-state index is 12.6. The molecule has 27 heavy (non-hydrogen) atoms. The van der Waals surface area contributed by atoms with Crippen molar-refractivity contribution in [2.24, 2.45) is 5.92 Å². The number of ether oxygens (including phenoxy) is 2. The van der Waals surface area contributed by atoms with Gasteiger partial charge >= 0.3 is 6.01 Å². The molecule has 8 heteroatoms. The predicted molar refractivity (Wildman–Crippen MR) is 98.6 cm³/mol. The molecule has 0 atom stereocenters. The normalized spacial score (nSPS) is 18.6. The summed E-state index contributed by atoms with van der Waals surface area (Å²) in [7, 11) is 1.63. The number of hydrogen-bond donors (Lipinski definition) is 0. The lowest BCUT2D eigenvalue weighted by atomic mass is 9.95. The van der Waals surface area contributed by atoms with Crippen molar-refractivity contribution in [3.63, 3.8) is 0 Å². The van der Waals surface area contributed by atoms with E-state index in [2.05, 4.69) is 15.1 Å². The van der Waals surface area contributed by atoms with Gasteiger partial charge in [0, 0.05) is 37.7 Å². The third kappa shape index (κ3) is 3.90. The van der Waals surface area contributed by atoms with Crippen LogP contribution in [0, 0.1) is 5.92 Å².